The van der Waals surface area contributed by atoms with E-state index in [4.69, 9.17) is 10.5 Å². The van der Waals surface area contributed by atoms with E-state index in [1.165, 1.54) is 0 Å². The van der Waals surface area contributed by atoms with Crippen molar-refractivity contribution < 1.29 is 24.2 Å². The lowest BCUT2D eigenvalue weighted by Crippen LogP contribution is -2.52. The van der Waals surface area contributed by atoms with Gasteiger partial charge in [0.15, 0.2) is 0 Å². The Morgan fingerprint density at radius 2 is 1.50 bits per heavy atom. The molecule has 136 valence electrons. The number of nitrogens with two attached hydrogens (primary N) is 1. The van der Waals surface area contributed by atoms with Crippen LogP contribution >= 0.6 is 0 Å². The van der Waals surface area contributed by atoms with Crippen LogP contribution in [0.3, 0.4) is 0 Å². The molecule has 26 heavy (non-hydrogen) atoms. The van der Waals surface area contributed by atoms with E-state index >= 15 is 0 Å². The molecule has 0 saturated heterocycles. The van der Waals surface area contributed by atoms with Crippen LogP contribution in [0.2, 0.25) is 0 Å². The first-order valence-electron chi connectivity index (χ1n) is 8.02. The summed E-state index contributed by atoms with van der Waals surface area (Å²) in [6.07, 6.45) is -1.07. The van der Waals surface area contributed by atoms with Crippen molar-refractivity contribution in [2.75, 3.05) is 6.54 Å². The smallest absolute Gasteiger partial charge is 0.417 e. The molecular formula is C19H20N2O5. The normalized spacial score (nSPS) is 11.4. The molecule has 0 bridgehead atoms. The Morgan fingerprint density at radius 1 is 0.962 bits per heavy atom. The number of carboxylic acid groups (broad SMARTS) is 1. The molecule has 0 saturated carbocycles. The van der Waals surface area contributed by atoms with E-state index in [-0.39, 0.29) is 13.0 Å². The maximum absolute atomic E-state index is 12.4. The SMILES string of the molecule is NCC(=O)N(C(=O)OCc1ccccc1)[C@@H](Cc1ccccc1)C(=O)O. The van der Waals surface area contributed by atoms with Crippen molar-refractivity contribution in [1.29, 1.82) is 0 Å². The molecule has 0 radical (unpaired) electrons. The van der Waals surface area contributed by atoms with Gasteiger partial charge in [-0.25, -0.2) is 14.5 Å². The van der Waals surface area contributed by atoms with Gasteiger partial charge < -0.3 is 15.6 Å². The second-order valence-electron chi connectivity index (χ2n) is 5.55. The van der Waals surface area contributed by atoms with Gasteiger partial charge in [0.1, 0.15) is 12.6 Å². The number of ether oxygens (including phenoxy) is 1. The Morgan fingerprint density at radius 3 is 2.00 bits per heavy atom. The van der Waals surface area contributed by atoms with Crippen LogP contribution in [-0.4, -0.2) is 40.6 Å². The first kappa shape index (κ1) is 19.1. The van der Waals surface area contributed by atoms with Crippen LogP contribution in [-0.2, 0) is 27.4 Å². The highest BCUT2D eigenvalue weighted by Crippen LogP contribution is 2.13. The first-order chi connectivity index (χ1) is 12.5. The van der Waals surface area contributed by atoms with Crippen molar-refractivity contribution in [2.24, 2.45) is 5.73 Å². The number of rotatable bonds is 7. The van der Waals surface area contributed by atoms with Crippen LogP contribution < -0.4 is 5.73 Å². The van der Waals surface area contributed by atoms with Crippen molar-refractivity contribution in [3.63, 3.8) is 0 Å². The predicted molar refractivity (Wildman–Crippen MR) is 94.1 cm³/mol. The fourth-order valence-electron chi connectivity index (χ4n) is 2.42. The van der Waals surface area contributed by atoms with E-state index in [2.05, 4.69) is 0 Å². The van der Waals surface area contributed by atoms with Gasteiger partial charge in [-0.1, -0.05) is 60.7 Å². The van der Waals surface area contributed by atoms with Gasteiger partial charge in [-0.05, 0) is 11.1 Å². The lowest BCUT2D eigenvalue weighted by molar-refractivity contribution is -0.148. The molecule has 0 heterocycles. The number of hydrogen-bond acceptors (Lipinski definition) is 5. The maximum atomic E-state index is 12.4. The standard InChI is InChI=1S/C19H20N2O5/c20-12-17(22)21(19(25)26-13-15-9-5-2-6-10-15)16(18(23)24)11-14-7-3-1-4-8-14/h1-10,16H,11-13,20H2,(H,23,24)/t16-/m0/s1. The van der Waals surface area contributed by atoms with Gasteiger partial charge in [-0.2, -0.15) is 0 Å². The fourth-order valence-corrected chi connectivity index (χ4v) is 2.42. The summed E-state index contributed by atoms with van der Waals surface area (Å²) >= 11 is 0. The molecule has 0 aliphatic rings. The minimum absolute atomic E-state index is 0.0393. The molecule has 0 unspecified atom stereocenters. The van der Waals surface area contributed by atoms with Crippen molar-refractivity contribution in [3.8, 4) is 0 Å². The number of amides is 2. The van der Waals surface area contributed by atoms with Gasteiger partial charge in [0, 0.05) is 6.42 Å². The molecule has 2 aromatic carbocycles. The van der Waals surface area contributed by atoms with Crippen LogP contribution in [0.4, 0.5) is 4.79 Å². The minimum atomic E-state index is -1.41. The Balaban J connectivity index is 2.18. The van der Waals surface area contributed by atoms with Gasteiger partial charge in [-0.15, -0.1) is 0 Å². The Bertz CT molecular complexity index is 749. The van der Waals surface area contributed by atoms with Crippen LogP contribution in [0.5, 0.6) is 0 Å². The maximum Gasteiger partial charge on any atom is 0.417 e. The number of imide groups is 1. The summed E-state index contributed by atoms with van der Waals surface area (Å²) in [4.78, 5) is 36.8. The Hall–Kier alpha value is -3.19. The quantitative estimate of drug-likeness (QED) is 0.783. The summed E-state index contributed by atoms with van der Waals surface area (Å²) in [6.45, 7) is -0.579. The number of benzene rings is 2. The molecule has 2 aromatic rings. The number of aliphatic carboxylic acids is 1. The number of hydrogen-bond donors (Lipinski definition) is 2. The molecule has 3 N–H and O–H groups in total. The van der Waals surface area contributed by atoms with Crippen LogP contribution in [0, 0.1) is 0 Å². The number of carbonyl (C=O) groups is 3. The average Bonchev–Trinajstić information content (AvgIpc) is 2.67. The van der Waals surface area contributed by atoms with E-state index < -0.39 is 30.6 Å². The molecule has 7 heteroatoms. The minimum Gasteiger partial charge on any atom is -0.480 e. The molecule has 0 aliphatic carbocycles. The third-order valence-electron chi connectivity index (χ3n) is 3.71. The predicted octanol–water partition coefficient (Wildman–Crippen LogP) is 1.81. The van der Waals surface area contributed by atoms with Gasteiger partial charge >= 0.3 is 12.1 Å². The third-order valence-corrected chi connectivity index (χ3v) is 3.71. The van der Waals surface area contributed by atoms with Gasteiger partial charge in [0.05, 0.1) is 6.54 Å². The summed E-state index contributed by atoms with van der Waals surface area (Å²) in [5.41, 5.74) is 6.75. The Kier molecular flexibility index (Phi) is 6.87. The lowest BCUT2D eigenvalue weighted by Gasteiger charge is -2.26. The van der Waals surface area contributed by atoms with E-state index in [9.17, 15) is 19.5 Å². The molecule has 2 rings (SSSR count). The summed E-state index contributed by atoms with van der Waals surface area (Å²) in [6, 6.07) is 16.2. The Labute approximate surface area is 151 Å². The average molecular weight is 356 g/mol. The van der Waals surface area contributed by atoms with Gasteiger partial charge in [0.25, 0.3) is 0 Å². The highest BCUT2D eigenvalue weighted by atomic mass is 16.6. The zero-order chi connectivity index (χ0) is 18.9. The molecule has 0 fully saturated rings. The lowest BCUT2D eigenvalue weighted by atomic mass is 10.0. The largest absolute Gasteiger partial charge is 0.480 e. The topological polar surface area (TPSA) is 110 Å². The highest BCUT2D eigenvalue weighted by Gasteiger charge is 2.35. The number of nitrogens with zero attached hydrogens (tertiary/aromatic N) is 1. The van der Waals surface area contributed by atoms with Crippen molar-refractivity contribution in [2.45, 2.75) is 19.1 Å². The van der Waals surface area contributed by atoms with Crippen LogP contribution in [0.15, 0.2) is 60.7 Å². The summed E-state index contributed by atoms with van der Waals surface area (Å²) < 4.78 is 5.13. The number of carboxylic acids is 1. The first-order valence-corrected chi connectivity index (χ1v) is 8.02. The van der Waals surface area contributed by atoms with Crippen LogP contribution in [0.25, 0.3) is 0 Å². The summed E-state index contributed by atoms with van der Waals surface area (Å²) in [5, 5.41) is 9.54. The van der Waals surface area contributed by atoms with E-state index in [1.54, 1.807) is 54.6 Å². The van der Waals surface area contributed by atoms with Gasteiger partial charge in [0.2, 0.25) is 5.91 Å². The van der Waals surface area contributed by atoms with Crippen LogP contribution in [0.1, 0.15) is 11.1 Å². The fraction of sp³-hybridized carbons (Fsp3) is 0.211. The van der Waals surface area contributed by atoms with E-state index in [1.807, 2.05) is 6.07 Å². The molecule has 0 aliphatic heterocycles. The summed E-state index contributed by atoms with van der Waals surface area (Å²) in [7, 11) is 0. The second kappa shape index (κ2) is 9.33. The van der Waals surface area contributed by atoms with Crippen molar-refractivity contribution >= 4 is 18.0 Å². The molecular weight excluding hydrogens is 336 g/mol. The van der Waals surface area contributed by atoms with E-state index in [0.717, 1.165) is 5.56 Å². The third kappa shape index (κ3) is 5.15. The molecule has 7 nitrogen and oxygen atoms in total. The van der Waals surface area contributed by atoms with E-state index in [0.29, 0.717) is 10.5 Å². The summed E-state index contributed by atoms with van der Waals surface area (Å²) in [5.74, 6) is -2.13. The molecule has 1 atom stereocenters. The highest BCUT2D eigenvalue weighted by molar-refractivity contribution is 5.97. The molecule has 2 amide bonds. The van der Waals surface area contributed by atoms with Crippen molar-refractivity contribution in [1.82, 2.24) is 4.90 Å². The molecule has 0 spiro atoms. The zero-order valence-corrected chi connectivity index (χ0v) is 14.1. The van der Waals surface area contributed by atoms with Crippen molar-refractivity contribution in [3.05, 3.63) is 71.8 Å². The second-order valence-corrected chi connectivity index (χ2v) is 5.55. The number of carbonyl (C=O) groups excluding carboxylic acids is 2. The monoisotopic (exact) mass is 356 g/mol. The van der Waals surface area contributed by atoms with Gasteiger partial charge in [-0.3, -0.25) is 4.79 Å². The zero-order valence-electron chi connectivity index (χ0n) is 14.1. The molecule has 0 aromatic heterocycles.